The van der Waals surface area contributed by atoms with Gasteiger partial charge in [0.25, 0.3) is 0 Å². The second kappa shape index (κ2) is 4.90. The van der Waals surface area contributed by atoms with E-state index in [0.717, 1.165) is 12.3 Å². The molecule has 0 bridgehead atoms. The zero-order chi connectivity index (χ0) is 13.3. The van der Waals surface area contributed by atoms with Crippen LogP contribution in [0.3, 0.4) is 0 Å². The van der Waals surface area contributed by atoms with Crippen molar-refractivity contribution < 1.29 is 4.74 Å². The summed E-state index contributed by atoms with van der Waals surface area (Å²) in [7, 11) is 5.99. The van der Waals surface area contributed by atoms with Crippen LogP contribution in [-0.2, 0) is 0 Å². The topological polar surface area (TPSA) is 38.5 Å². The summed E-state index contributed by atoms with van der Waals surface area (Å²) in [5, 5.41) is 0. The van der Waals surface area contributed by atoms with Gasteiger partial charge in [0.05, 0.1) is 7.11 Å². The van der Waals surface area contributed by atoms with E-state index in [9.17, 15) is 0 Å². The molecule has 2 rings (SSSR count). The molecule has 1 saturated carbocycles. The SMILES string of the molecule is COc1ccc(C(N(C)C)C2(CN)CC2)cc1C. The van der Waals surface area contributed by atoms with Crippen LogP contribution in [0.4, 0.5) is 0 Å². The smallest absolute Gasteiger partial charge is 0.121 e. The van der Waals surface area contributed by atoms with Gasteiger partial charge in [-0.1, -0.05) is 12.1 Å². The summed E-state index contributed by atoms with van der Waals surface area (Å²) < 4.78 is 5.33. The Hall–Kier alpha value is -1.06. The Labute approximate surface area is 110 Å². The van der Waals surface area contributed by atoms with Crippen LogP contribution in [0.1, 0.15) is 30.0 Å². The highest BCUT2D eigenvalue weighted by atomic mass is 16.5. The first-order valence-electron chi connectivity index (χ1n) is 6.55. The van der Waals surface area contributed by atoms with Crippen molar-refractivity contribution in [3.8, 4) is 5.75 Å². The summed E-state index contributed by atoms with van der Waals surface area (Å²) in [5.74, 6) is 0.953. The Morgan fingerprint density at radius 3 is 2.44 bits per heavy atom. The summed E-state index contributed by atoms with van der Waals surface area (Å²) >= 11 is 0. The van der Waals surface area contributed by atoms with Gasteiger partial charge in [-0.05, 0) is 57.6 Å². The molecule has 18 heavy (non-hydrogen) atoms. The molecule has 1 unspecified atom stereocenters. The molecule has 3 nitrogen and oxygen atoms in total. The normalized spacial score (nSPS) is 18.8. The van der Waals surface area contributed by atoms with Crippen molar-refractivity contribution in [1.82, 2.24) is 4.90 Å². The highest BCUT2D eigenvalue weighted by Crippen LogP contribution is 2.56. The predicted molar refractivity (Wildman–Crippen MR) is 74.9 cm³/mol. The molecule has 1 aromatic rings. The lowest BCUT2D eigenvalue weighted by atomic mass is 9.88. The number of rotatable bonds is 5. The maximum atomic E-state index is 5.99. The number of benzene rings is 1. The summed E-state index contributed by atoms with van der Waals surface area (Å²) in [6.45, 7) is 2.86. The Morgan fingerprint density at radius 1 is 1.39 bits per heavy atom. The Kier molecular flexibility index (Phi) is 3.64. The molecule has 0 spiro atoms. The van der Waals surface area contributed by atoms with Crippen molar-refractivity contribution in [2.45, 2.75) is 25.8 Å². The van der Waals surface area contributed by atoms with Crippen molar-refractivity contribution in [2.75, 3.05) is 27.7 Å². The van der Waals surface area contributed by atoms with Gasteiger partial charge < -0.3 is 15.4 Å². The Balaban J connectivity index is 2.35. The zero-order valence-corrected chi connectivity index (χ0v) is 11.9. The largest absolute Gasteiger partial charge is 0.496 e. The second-order valence-electron chi connectivity index (χ2n) is 5.66. The fraction of sp³-hybridized carbons (Fsp3) is 0.600. The third-order valence-electron chi connectivity index (χ3n) is 4.13. The van der Waals surface area contributed by atoms with E-state index in [1.807, 2.05) is 0 Å². The average Bonchev–Trinajstić information content (AvgIpc) is 3.10. The van der Waals surface area contributed by atoms with Gasteiger partial charge in [-0.15, -0.1) is 0 Å². The minimum atomic E-state index is 0.282. The molecule has 0 heterocycles. The van der Waals surface area contributed by atoms with E-state index in [1.54, 1.807) is 7.11 Å². The molecule has 2 N–H and O–H groups in total. The number of methoxy groups -OCH3 is 1. The van der Waals surface area contributed by atoms with Crippen LogP contribution in [0.15, 0.2) is 18.2 Å². The molecule has 1 aromatic carbocycles. The minimum Gasteiger partial charge on any atom is -0.496 e. The number of nitrogens with zero attached hydrogens (tertiary/aromatic N) is 1. The standard InChI is InChI=1S/C15H24N2O/c1-11-9-12(5-6-13(11)18-4)14(17(2)3)15(10-16)7-8-15/h5-6,9,14H,7-8,10,16H2,1-4H3. The second-order valence-corrected chi connectivity index (χ2v) is 5.66. The van der Waals surface area contributed by atoms with Crippen LogP contribution < -0.4 is 10.5 Å². The first kappa shape index (κ1) is 13.4. The van der Waals surface area contributed by atoms with Crippen LogP contribution in [0.2, 0.25) is 0 Å². The Bertz CT molecular complexity index is 425. The van der Waals surface area contributed by atoms with Crippen molar-refractivity contribution >= 4 is 0 Å². The molecular weight excluding hydrogens is 224 g/mol. The predicted octanol–water partition coefficient (Wildman–Crippen LogP) is 2.35. The number of ether oxygens (including phenoxy) is 1. The lowest BCUT2D eigenvalue weighted by Crippen LogP contribution is -2.33. The van der Waals surface area contributed by atoms with Crippen molar-refractivity contribution in [2.24, 2.45) is 11.1 Å². The number of aryl methyl sites for hydroxylation is 1. The average molecular weight is 248 g/mol. The fourth-order valence-electron chi connectivity index (χ4n) is 3.02. The first-order chi connectivity index (χ1) is 8.54. The molecular formula is C15H24N2O. The monoisotopic (exact) mass is 248 g/mol. The van der Waals surface area contributed by atoms with E-state index in [-0.39, 0.29) is 5.41 Å². The highest BCUT2D eigenvalue weighted by molar-refractivity contribution is 5.38. The summed E-state index contributed by atoms with van der Waals surface area (Å²) in [4.78, 5) is 2.29. The molecule has 0 saturated heterocycles. The third-order valence-corrected chi connectivity index (χ3v) is 4.13. The van der Waals surface area contributed by atoms with Gasteiger partial charge in [-0.3, -0.25) is 0 Å². The van der Waals surface area contributed by atoms with Crippen LogP contribution in [0.5, 0.6) is 5.75 Å². The van der Waals surface area contributed by atoms with E-state index >= 15 is 0 Å². The molecule has 1 aliphatic rings. The summed E-state index contributed by atoms with van der Waals surface area (Å²) in [6, 6.07) is 6.88. The van der Waals surface area contributed by atoms with E-state index < -0.39 is 0 Å². The molecule has 0 aromatic heterocycles. The number of hydrogen-bond acceptors (Lipinski definition) is 3. The highest BCUT2D eigenvalue weighted by Gasteiger charge is 2.49. The number of hydrogen-bond donors (Lipinski definition) is 1. The van der Waals surface area contributed by atoms with Gasteiger partial charge in [-0.25, -0.2) is 0 Å². The van der Waals surface area contributed by atoms with E-state index in [2.05, 4.69) is 44.1 Å². The maximum Gasteiger partial charge on any atom is 0.121 e. The van der Waals surface area contributed by atoms with E-state index in [1.165, 1.54) is 24.0 Å². The van der Waals surface area contributed by atoms with Crippen LogP contribution in [-0.4, -0.2) is 32.6 Å². The molecule has 0 radical (unpaired) electrons. The van der Waals surface area contributed by atoms with Crippen LogP contribution in [0, 0.1) is 12.3 Å². The zero-order valence-electron chi connectivity index (χ0n) is 11.9. The third kappa shape index (κ3) is 2.25. The number of nitrogens with two attached hydrogens (primary N) is 1. The van der Waals surface area contributed by atoms with Crippen molar-refractivity contribution in [1.29, 1.82) is 0 Å². The van der Waals surface area contributed by atoms with Gasteiger partial charge in [-0.2, -0.15) is 0 Å². The lowest BCUT2D eigenvalue weighted by molar-refractivity contribution is 0.198. The maximum absolute atomic E-state index is 5.99. The first-order valence-corrected chi connectivity index (χ1v) is 6.55. The van der Waals surface area contributed by atoms with Gasteiger partial charge in [0, 0.05) is 11.5 Å². The lowest BCUT2D eigenvalue weighted by Gasteiger charge is -2.32. The quantitative estimate of drug-likeness (QED) is 0.869. The summed E-state index contributed by atoms with van der Waals surface area (Å²) in [6.07, 6.45) is 2.47. The molecule has 0 amide bonds. The van der Waals surface area contributed by atoms with E-state index in [4.69, 9.17) is 10.5 Å². The molecule has 0 aliphatic heterocycles. The molecule has 1 fully saturated rings. The van der Waals surface area contributed by atoms with Gasteiger partial charge >= 0.3 is 0 Å². The molecule has 100 valence electrons. The summed E-state index contributed by atoms with van der Waals surface area (Å²) in [5.41, 5.74) is 8.81. The molecule has 3 heteroatoms. The van der Waals surface area contributed by atoms with Gasteiger partial charge in [0.1, 0.15) is 5.75 Å². The van der Waals surface area contributed by atoms with Crippen molar-refractivity contribution in [3.05, 3.63) is 29.3 Å². The molecule has 1 atom stereocenters. The van der Waals surface area contributed by atoms with Gasteiger partial charge in [0.15, 0.2) is 0 Å². The minimum absolute atomic E-state index is 0.282. The van der Waals surface area contributed by atoms with Crippen LogP contribution in [0.25, 0.3) is 0 Å². The van der Waals surface area contributed by atoms with Gasteiger partial charge in [0.2, 0.25) is 0 Å². The van der Waals surface area contributed by atoms with Crippen molar-refractivity contribution in [3.63, 3.8) is 0 Å². The molecule has 1 aliphatic carbocycles. The van der Waals surface area contributed by atoms with E-state index in [0.29, 0.717) is 6.04 Å². The Morgan fingerprint density at radius 2 is 2.06 bits per heavy atom. The fourth-order valence-corrected chi connectivity index (χ4v) is 3.02. The van der Waals surface area contributed by atoms with Crippen LogP contribution >= 0.6 is 0 Å².